The van der Waals surface area contributed by atoms with E-state index in [2.05, 4.69) is 26.1 Å². The quantitative estimate of drug-likeness (QED) is 0.705. The molecule has 0 atom stereocenters. The summed E-state index contributed by atoms with van der Waals surface area (Å²) in [5.74, 6) is 0.475. The van der Waals surface area contributed by atoms with Crippen molar-refractivity contribution in [1.82, 2.24) is 10.1 Å². The van der Waals surface area contributed by atoms with E-state index in [0.29, 0.717) is 23.0 Å². The molecule has 0 saturated heterocycles. The van der Waals surface area contributed by atoms with E-state index in [-0.39, 0.29) is 5.82 Å². The van der Waals surface area contributed by atoms with Crippen LogP contribution in [0.2, 0.25) is 0 Å². The van der Waals surface area contributed by atoms with E-state index in [9.17, 15) is 4.39 Å². The molecule has 0 aliphatic carbocycles. The first kappa shape index (κ1) is 13.8. The Hall–Kier alpha value is -2.21. The van der Waals surface area contributed by atoms with Crippen LogP contribution in [-0.4, -0.2) is 10.1 Å². The summed E-state index contributed by atoms with van der Waals surface area (Å²) in [6, 6.07) is 9.77. The van der Waals surface area contributed by atoms with Crippen LogP contribution in [0.3, 0.4) is 0 Å². The molecule has 3 rings (SSSR count). The van der Waals surface area contributed by atoms with Crippen molar-refractivity contribution in [2.45, 2.75) is 6.92 Å². The second-order valence-electron chi connectivity index (χ2n) is 4.62. The Morgan fingerprint density at radius 3 is 2.71 bits per heavy atom. The predicted octanol–water partition coefficient (Wildman–Crippen LogP) is 4.20. The Kier molecular flexibility index (Phi) is 3.47. The Bertz CT molecular complexity index is 816. The van der Waals surface area contributed by atoms with Crippen molar-refractivity contribution in [2.75, 3.05) is 5.73 Å². The average molecular weight is 348 g/mol. The van der Waals surface area contributed by atoms with Crippen LogP contribution in [0.25, 0.3) is 22.8 Å². The van der Waals surface area contributed by atoms with E-state index < -0.39 is 0 Å². The third-order valence-electron chi connectivity index (χ3n) is 3.08. The summed E-state index contributed by atoms with van der Waals surface area (Å²) in [5, 5.41) is 3.95. The molecule has 0 aliphatic rings. The minimum Gasteiger partial charge on any atom is -0.399 e. The van der Waals surface area contributed by atoms with Gasteiger partial charge in [-0.2, -0.15) is 4.98 Å². The van der Waals surface area contributed by atoms with Gasteiger partial charge >= 0.3 is 0 Å². The van der Waals surface area contributed by atoms with Crippen molar-refractivity contribution in [3.63, 3.8) is 0 Å². The molecule has 2 N–H and O–H groups in total. The number of aryl methyl sites for hydroxylation is 1. The first-order chi connectivity index (χ1) is 10.0. The van der Waals surface area contributed by atoms with E-state index in [4.69, 9.17) is 10.3 Å². The second kappa shape index (κ2) is 5.29. The van der Waals surface area contributed by atoms with Crippen LogP contribution in [0.4, 0.5) is 10.1 Å². The topological polar surface area (TPSA) is 64.9 Å². The Morgan fingerprint density at radius 2 is 1.95 bits per heavy atom. The minimum absolute atomic E-state index is 0.293. The van der Waals surface area contributed by atoms with Gasteiger partial charge in [0.1, 0.15) is 5.82 Å². The number of nitrogen functional groups attached to an aromatic ring is 1. The molecule has 0 amide bonds. The summed E-state index contributed by atoms with van der Waals surface area (Å²) in [6.45, 7) is 1.80. The number of nitrogens with zero attached hydrogens (tertiary/aromatic N) is 2. The molecular weight excluding hydrogens is 337 g/mol. The van der Waals surface area contributed by atoms with Crippen LogP contribution >= 0.6 is 15.9 Å². The van der Waals surface area contributed by atoms with Crippen molar-refractivity contribution >= 4 is 21.6 Å². The number of benzene rings is 2. The standard InChI is InChI=1S/C15H11BrFN3O/c1-8-6-9(17)2-4-11(8)14-19-15(21-20-14)12-7-10(18)3-5-13(12)16/h2-7H,18H2,1H3. The fourth-order valence-electron chi connectivity index (χ4n) is 2.03. The summed E-state index contributed by atoms with van der Waals surface area (Å²) in [6.07, 6.45) is 0. The maximum absolute atomic E-state index is 13.1. The zero-order chi connectivity index (χ0) is 15.0. The highest BCUT2D eigenvalue weighted by molar-refractivity contribution is 9.10. The summed E-state index contributed by atoms with van der Waals surface area (Å²) in [4.78, 5) is 4.36. The predicted molar refractivity (Wildman–Crippen MR) is 82.0 cm³/mol. The maximum atomic E-state index is 13.1. The largest absolute Gasteiger partial charge is 0.399 e. The Labute approximate surface area is 128 Å². The molecule has 21 heavy (non-hydrogen) atoms. The Balaban J connectivity index is 2.06. The van der Waals surface area contributed by atoms with E-state index in [1.54, 1.807) is 25.1 Å². The number of rotatable bonds is 2. The third-order valence-corrected chi connectivity index (χ3v) is 3.77. The maximum Gasteiger partial charge on any atom is 0.259 e. The lowest BCUT2D eigenvalue weighted by Gasteiger charge is -2.01. The van der Waals surface area contributed by atoms with Gasteiger partial charge in [0, 0.05) is 15.7 Å². The van der Waals surface area contributed by atoms with Gasteiger partial charge in [0.05, 0.1) is 5.56 Å². The molecule has 6 heteroatoms. The van der Waals surface area contributed by atoms with Crippen LogP contribution in [0, 0.1) is 12.7 Å². The third kappa shape index (κ3) is 2.67. The van der Waals surface area contributed by atoms with E-state index >= 15 is 0 Å². The zero-order valence-corrected chi connectivity index (χ0v) is 12.7. The Morgan fingerprint density at radius 1 is 1.14 bits per heavy atom. The van der Waals surface area contributed by atoms with Gasteiger partial charge in [0.25, 0.3) is 5.89 Å². The first-order valence-corrected chi connectivity index (χ1v) is 6.99. The molecule has 4 nitrogen and oxygen atoms in total. The highest BCUT2D eigenvalue weighted by Crippen LogP contribution is 2.31. The molecule has 1 heterocycles. The van der Waals surface area contributed by atoms with Crippen molar-refractivity contribution in [2.24, 2.45) is 0 Å². The molecule has 106 valence electrons. The normalized spacial score (nSPS) is 10.8. The summed E-state index contributed by atoms with van der Waals surface area (Å²) in [5.41, 5.74) is 8.56. The molecule has 0 radical (unpaired) electrons. The lowest BCUT2D eigenvalue weighted by Crippen LogP contribution is -1.88. The zero-order valence-electron chi connectivity index (χ0n) is 11.1. The first-order valence-electron chi connectivity index (χ1n) is 6.20. The van der Waals surface area contributed by atoms with E-state index in [0.717, 1.165) is 15.6 Å². The van der Waals surface area contributed by atoms with Gasteiger partial charge in [-0.3, -0.25) is 0 Å². The molecule has 1 aromatic heterocycles. The second-order valence-corrected chi connectivity index (χ2v) is 5.48. The fraction of sp³-hybridized carbons (Fsp3) is 0.0667. The molecule has 3 aromatic rings. The van der Waals surface area contributed by atoms with E-state index in [1.165, 1.54) is 12.1 Å². The molecule has 2 aromatic carbocycles. The van der Waals surface area contributed by atoms with Gasteiger partial charge in [0.2, 0.25) is 5.82 Å². The van der Waals surface area contributed by atoms with Gasteiger partial charge in [-0.15, -0.1) is 0 Å². The number of halogens is 2. The van der Waals surface area contributed by atoms with Crippen LogP contribution < -0.4 is 5.73 Å². The van der Waals surface area contributed by atoms with Crippen molar-refractivity contribution in [1.29, 1.82) is 0 Å². The van der Waals surface area contributed by atoms with Crippen LogP contribution in [0.5, 0.6) is 0 Å². The number of anilines is 1. The average Bonchev–Trinajstić information content (AvgIpc) is 2.91. The number of hydrogen-bond acceptors (Lipinski definition) is 4. The van der Waals surface area contributed by atoms with Crippen molar-refractivity contribution in [3.05, 3.63) is 52.3 Å². The molecule has 0 fully saturated rings. The highest BCUT2D eigenvalue weighted by atomic mass is 79.9. The van der Waals surface area contributed by atoms with Crippen LogP contribution in [-0.2, 0) is 0 Å². The van der Waals surface area contributed by atoms with Gasteiger partial charge in [0.15, 0.2) is 0 Å². The molecule has 0 bridgehead atoms. The van der Waals surface area contributed by atoms with Crippen LogP contribution in [0.1, 0.15) is 5.56 Å². The van der Waals surface area contributed by atoms with Gasteiger partial charge in [-0.1, -0.05) is 5.16 Å². The lowest BCUT2D eigenvalue weighted by atomic mass is 10.1. The number of aromatic nitrogens is 2. The van der Waals surface area contributed by atoms with Crippen LogP contribution in [0.15, 0.2) is 45.4 Å². The van der Waals surface area contributed by atoms with Crippen molar-refractivity contribution in [3.8, 4) is 22.8 Å². The SMILES string of the molecule is Cc1cc(F)ccc1-c1noc(-c2cc(N)ccc2Br)n1. The number of nitrogens with two attached hydrogens (primary N) is 1. The summed E-state index contributed by atoms with van der Waals surface area (Å²) < 4.78 is 19.2. The summed E-state index contributed by atoms with van der Waals surface area (Å²) in [7, 11) is 0. The smallest absolute Gasteiger partial charge is 0.259 e. The highest BCUT2D eigenvalue weighted by Gasteiger charge is 2.15. The minimum atomic E-state index is -0.293. The monoisotopic (exact) mass is 347 g/mol. The van der Waals surface area contributed by atoms with Gasteiger partial charge in [-0.25, -0.2) is 4.39 Å². The van der Waals surface area contributed by atoms with Gasteiger partial charge < -0.3 is 10.3 Å². The van der Waals surface area contributed by atoms with Gasteiger partial charge in [-0.05, 0) is 64.8 Å². The number of hydrogen-bond donors (Lipinski definition) is 1. The van der Waals surface area contributed by atoms with E-state index in [1.807, 2.05) is 6.07 Å². The molecular formula is C15H11BrFN3O. The molecule has 0 unspecified atom stereocenters. The molecule has 0 aliphatic heterocycles. The molecule has 0 spiro atoms. The summed E-state index contributed by atoms with van der Waals surface area (Å²) >= 11 is 3.42. The molecule has 0 saturated carbocycles. The fourth-order valence-corrected chi connectivity index (χ4v) is 2.44. The lowest BCUT2D eigenvalue weighted by molar-refractivity contribution is 0.432. The van der Waals surface area contributed by atoms with Crippen molar-refractivity contribution < 1.29 is 8.91 Å².